The zero-order valence-electron chi connectivity index (χ0n) is 15.0. The molecule has 10 heteroatoms. The maximum absolute atomic E-state index is 12.6. The maximum Gasteiger partial charge on any atom is 0.434 e. The minimum absolute atomic E-state index is 0.365. The molecule has 2 heterocycles. The Bertz CT molecular complexity index is 921. The van der Waals surface area contributed by atoms with Crippen LogP contribution in [0, 0.1) is 0 Å². The van der Waals surface area contributed by atoms with Crippen LogP contribution in [0.5, 0.6) is 0 Å². The van der Waals surface area contributed by atoms with Crippen LogP contribution in [-0.2, 0) is 19.1 Å². The summed E-state index contributed by atoms with van der Waals surface area (Å²) in [7, 11) is 1.61. The second-order valence-electron chi connectivity index (χ2n) is 5.78. The number of rotatable bonds is 6. The van der Waals surface area contributed by atoms with Gasteiger partial charge >= 0.3 is 6.18 Å². The fourth-order valence-corrected chi connectivity index (χ4v) is 3.18. The number of nitrogens with zero attached hydrogens (tertiary/aromatic N) is 3. The molecule has 0 aliphatic rings. The SMILES string of the molecule is CN=C(NCCc1nc(C(F)(F)F)cs1)NCc1cc(-c2ccccc2)on1. The van der Waals surface area contributed by atoms with Gasteiger partial charge in [0.1, 0.15) is 5.69 Å². The Labute approximate surface area is 163 Å². The van der Waals surface area contributed by atoms with Crippen molar-refractivity contribution in [1.29, 1.82) is 0 Å². The van der Waals surface area contributed by atoms with Crippen molar-refractivity contribution in [1.82, 2.24) is 20.8 Å². The lowest BCUT2D eigenvalue weighted by Gasteiger charge is -2.09. The van der Waals surface area contributed by atoms with E-state index in [1.165, 1.54) is 0 Å². The van der Waals surface area contributed by atoms with Crippen LogP contribution in [0.1, 0.15) is 16.4 Å². The molecule has 0 atom stereocenters. The number of hydrogen-bond donors (Lipinski definition) is 2. The predicted molar refractivity (Wildman–Crippen MR) is 101 cm³/mol. The molecule has 3 rings (SSSR count). The van der Waals surface area contributed by atoms with Gasteiger partial charge < -0.3 is 15.2 Å². The number of thiazole rings is 1. The highest BCUT2D eigenvalue weighted by molar-refractivity contribution is 7.09. The van der Waals surface area contributed by atoms with E-state index in [1.807, 2.05) is 36.4 Å². The number of hydrogen-bond acceptors (Lipinski definition) is 5. The quantitative estimate of drug-likeness (QED) is 0.479. The lowest BCUT2D eigenvalue weighted by atomic mass is 10.2. The zero-order chi connectivity index (χ0) is 20.0. The van der Waals surface area contributed by atoms with Crippen molar-refractivity contribution in [2.24, 2.45) is 4.99 Å². The van der Waals surface area contributed by atoms with Gasteiger partial charge in [-0.05, 0) is 0 Å². The average molecular weight is 409 g/mol. The fourth-order valence-electron chi connectivity index (χ4n) is 2.37. The Kier molecular flexibility index (Phi) is 6.30. The van der Waals surface area contributed by atoms with Gasteiger partial charge in [-0.1, -0.05) is 35.5 Å². The van der Waals surface area contributed by atoms with E-state index in [0.717, 1.165) is 22.3 Å². The highest BCUT2D eigenvalue weighted by atomic mass is 32.1. The van der Waals surface area contributed by atoms with Crippen molar-refractivity contribution in [2.75, 3.05) is 13.6 Å². The van der Waals surface area contributed by atoms with E-state index in [1.54, 1.807) is 7.05 Å². The largest absolute Gasteiger partial charge is 0.434 e. The molecule has 3 aromatic rings. The third-order valence-electron chi connectivity index (χ3n) is 3.75. The van der Waals surface area contributed by atoms with Gasteiger partial charge in [0.05, 0.1) is 11.6 Å². The smallest absolute Gasteiger partial charge is 0.356 e. The summed E-state index contributed by atoms with van der Waals surface area (Å²) in [5.74, 6) is 1.18. The number of nitrogens with one attached hydrogen (secondary N) is 2. The number of guanidine groups is 1. The van der Waals surface area contributed by atoms with Gasteiger partial charge in [0, 0.05) is 37.0 Å². The molecular formula is C18H18F3N5OS. The van der Waals surface area contributed by atoms with Crippen molar-refractivity contribution in [3.8, 4) is 11.3 Å². The topological polar surface area (TPSA) is 75.3 Å². The number of benzene rings is 1. The van der Waals surface area contributed by atoms with Gasteiger partial charge in [0.2, 0.25) is 0 Å². The summed E-state index contributed by atoms with van der Waals surface area (Å²) in [4.78, 5) is 7.68. The molecule has 0 fully saturated rings. The second-order valence-corrected chi connectivity index (χ2v) is 6.72. The highest BCUT2D eigenvalue weighted by Crippen LogP contribution is 2.30. The molecule has 1 aromatic carbocycles. The first kappa shape index (κ1) is 19.9. The molecule has 2 N–H and O–H groups in total. The third kappa shape index (κ3) is 5.32. The predicted octanol–water partition coefficient (Wildman–Crippen LogP) is 3.72. The monoisotopic (exact) mass is 409 g/mol. The van der Waals surface area contributed by atoms with Crippen molar-refractivity contribution in [3.05, 3.63) is 58.2 Å². The van der Waals surface area contributed by atoms with E-state index in [0.29, 0.717) is 41.9 Å². The van der Waals surface area contributed by atoms with E-state index in [-0.39, 0.29) is 0 Å². The van der Waals surface area contributed by atoms with Crippen LogP contribution in [0.25, 0.3) is 11.3 Å². The average Bonchev–Trinajstić information content (AvgIpc) is 3.34. The molecule has 0 unspecified atom stereocenters. The van der Waals surface area contributed by atoms with Crippen molar-refractivity contribution >= 4 is 17.3 Å². The summed E-state index contributed by atoms with van der Waals surface area (Å²) in [5.41, 5.74) is 0.789. The van der Waals surface area contributed by atoms with Gasteiger partial charge in [-0.3, -0.25) is 4.99 Å². The molecule has 0 saturated heterocycles. The van der Waals surface area contributed by atoms with Crippen LogP contribution >= 0.6 is 11.3 Å². The summed E-state index contributed by atoms with van der Waals surface area (Å²) in [5, 5.41) is 11.6. The number of halogens is 3. The molecule has 0 radical (unpaired) electrons. The van der Waals surface area contributed by atoms with E-state index in [9.17, 15) is 13.2 Å². The molecule has 0 aliphatic heterocycles. The summed E-state index contributed by atoms with van der Waals surface area (Å²) >= 11 is 0.993. The van der Waals surface area contributed by atoms with Gasteiger partial charge in [-0.15, -0.1) is 11.3 Å². The van der Waals surface area contributed by atoms with Crippen LogP contribution in [0.15, 0.2) is 51.3 Å². The first-order chi connectivity index (χ1) is 13.5. The molecule has 148 valence electrons. The molecule has 0 saturated carbocycles. The summed E-state index contributed by atoms with van der Waals surface area (Å²) in [6.07, 6.45) is -4.04. The van der Waals surface area contributed by atoms with Gasteiger partial charge in [-0.25, -0.2) is 4.98 Å². The summed E-state index contributed by atoms with van der Waals surface area (Å²) < 4.78 is 43.0. The first-order valence-corrected chi connectivity index (χ1v) is 9.31. The molecule has 0 bridgehead atoms. The third-order valence-corrected chi connectivity index (χ3v) is 4.66. The van der Waals surface area contributed by atoms with Crippen LogP contribution in [0.2, 0.25) is 0 Å². The lowest BCUT2D eigenvalue weighted by Crippen LogP contribution is -2.37. The Morgan fingerprint density at radius 2 is 2.00 bits per heavy atom. The van der Waals surface area contributed by atoms with Gasteiger partial charge in [-0.2, -0.15) is 13.2 Å². The zero-order valence-corrected chi connectivity index (χ0v) is 15.8. The maximum atomic E-state index is 12.6. The molecule has 28 heavy (non-hydrogen) atoms. The van der Waals surface area contributed by atoms with Crippen LogP contribution in [-0.4, -0.2) is 29.7 Å². The van der Waals surface area contributed by atoms with E-state index >= 15 is 0 Å². The number of alkyl halides is 3. The van der Waals surface area contributed by atoms with Crippen LogP contribution in [0.4, 0.5) is 13.2 Å². The van der Waals surface area contributed by atoms with Crippen molar-refractivity contribution in [3.63, 3.8) is 0 Å². The normalized spacial score (nSPS) is 12.2. The van der Waals surface area contributed by atoms with Crippen LogP contribution < -0.4 is 10.6 Å². The minimum Gasteiger partial charge on any atom is -0.356 e. The Morgan fingerprint density at radius 1 is 1.21 bits per heavy atom. The van der Waals surface area contributed by atoms with E-state index in [4.69, 9.17) is 4.52 Å². The van der Waals surface area contributed by atoms with Crippen molar-refractivity contribution in [2.45, 2.75) is 19.1 Å². The lowest BCUT2D eigenvalue weighted by molar-refractivity contribution is -0.140. The Hall–Kier alpha value is -2.88. The highest BCUT2D eigenvalue weighted by Gasteiger charge is 2.33. The van der Waals surface area contributed by atoms with Gasteiger partial charge in [0.25, 0.3) is 0 Å². The van der Waals surface area contributed by atoms with E-state index < -0.39 is 11.9 Å². The Balaban J connectivity index is 1.46. The molecular weight excluding hydrogens is 391 g/mol. The van der Waals surface area contributed by atoms with Crippen molar-refractivity contribution < 1.29 is 17.7 Å². The van der Waals surface area contributed by atoms with Gasteiger partial charge in [0.15, 0.2) is 17.4 Å². The first-order valence-electron chi connectivity index (χ1n) is 8.43. The standard InChI is InChI=1S/C18H18F3N5OS/c1-22-17(23-8-7-16-25-15(11-28-16)18(19,20)21)24-10-13-9-14(27-26-13)12-5-3-2-4-6-12/h2-6,9,11H,7-8,10H2,1H3,(H2,22,23,24). The summed E-state index contributed by atoms with van der Waals surface area (Å²) in [6.45, 7) is 0.796. The molecule has 6 nitrogen and oxygen atoms in total. The summed E-state index contributed by atoms with van der Waals surface area (Å²) in [6, 6.07) is 11.5. The molecule has 0 amide bonds. The number of aromatic nitrogens is 2. The molecule has 0 spiro atoms. The molecule has 2 aromatic heterocycles. The Morgan fingerprint density at radius 3 is 2.68 bits per heavy atom. The second kappa shape index (κ2) is 8.87. The number of aliphatic imine (C=N–C) groups is 1. The van der Waals surface area contributed by atoms with E-state index in [2.05, 4.69) is 25.8 Å². The fraction of sp³-hybridized carbons (Fsp3) is 0.278. The molecule has 0 aliphatic carbocycles. The van der Waals surface area contributed by atoms with Crippen LogP contribution in [0.3, 0.4) is 0 Å². The minimum atomic E-state index is -4.41.